The quantitative estimate of drug-likeness (QED) is 0.543. The Hall–Kier alpha value is -1.46. The molecule has 25 heavy (non-hydrogen) atoms. The predicted molar refractivity (Wildman–Crippen MR) is 98.5 cm³/mol. The van der Waals surface area contributed by atoms with Crippen LogP contribution in [0.2, 0.25) is 20.1 Å². The Morgan fingerprint density at radius 1 is 0.960 bits per heavy atom. The van der Waals surface area contributed by atoms with E-state index in [4.69, 9.17) is 55.9 Å². The van der Waals surface area contributed by atoms with Gasteiger partial charge in [-0.05, 0) is 36.4 Å². The number of Topliss-reactive ketones (excluding diaryl/α,β-unsaturated/α-hetero) is 1. The van der Waals surface area contributed by atoms with E-state index in [0.717, 1.165) is 0 Å². The highest BCUT2D eigenvalue weighted by Crippen LogP contribution is 2.29. The zero-order chi connectivity index (χ0) is 18.4. The van der Waals surface area contributed by atoms with E-state index in [1.54, 1.807) is 18.2 Å². The summed E-state index contributed by atoms with van der Waals surface area (Å²) < 4.78 is 10.9. The van der Waals surface area contributed by atoms with Gasteiger partial charge >= 0.3 is 0 Å². The van der Waals surface area contributed by atoms with Crippen molar-refractivity contribution >= 4 is 58.5 Å². The number of carbonyl (C=O) groups excluding carboxylic acids is 2. The number of halogens is 4. The molecule has 2 aromatic rings. The second-order valence-corrected chi connectivity index (χ2v) is 6.60. The number of benzene rings is 2. The highest BCUT2D eigenvalue weighted by Gasteiger charge is 2.22. The average molecular weight is 422 g/mol. The molecule has 0 bridgehead atoms. The largest absolute Gasteiger partial charge is 0.484 e. The smallest absolute Gasteiger partial charge is 0.210 e. The fourth-order valence-electron chi connectivity index (χ4n) is 1.89. The van der Waals surface area contributed by atoms with Gasteiger partial charge in [-0.15, -0.1) is 0 Å². The van der Waals surface area contributed by atoms with Gasteiger partial charge in [-0.1, -0.05) is 46.4 Å². The summed E-state index contributed by atoms with van der Waals surface area (Å²) in [5, 5.41) is 1.38. The lowest BCUT2D eigenvalue weighted by atomic mass is 10.2. The molecule has 0 N–H and O–H groups in total. The van der Waals surface area contributed by atoms with Crippen LogP contribution in [0.25, 0.3) is 0 Å². The summed E-state index contributed by atoms with van der Waals surface area (Å²) in [5.74, 6) is 0.105. The van der Waals surface area contributed by atoms with Crippen LogP contribution in [0.1, 0.15) is 6.42 Å². The molecule has 132 valence electrons. The van der Waals surface area contributed by atoms with Crippen molar-refractivity contribution in [2.24, 2.45) is 0 Å². The van der Waals surface area contributed by atoms with Crippen molar-refractivity contribution in [1.29, 1.82) is 0 Å². The molecule has 0 aromatic heterocycles. The molecule has 0 heterocycles. The van der Waals surface area contributed by atoms with Crippen LogP contribution in [-0.4, -0.2) is 24.8 Å². The van der Waals surface area contributed by atoms with Crippen LogP contribution in [0.15, 0.2) is 36.4 Å². The maximum atomic E-state index is 12.3. The minimum Gasteiger partial charge on any atom is -0.484 e. The summed E-state index contributed by atoms with van der Waals surface area (Å²) >= 11 is 23.6. The first-order valence-electron chi connectivity index (χ1n) is 7.06. The molecule has 0 fully saturated rings. The molecule has 0 radical (unpaired) electrons. The third-order valence-electron chi connectivity index (χ3n) is 3.10. The molecule has 1 atom stereocenters. The Bertz CT molecular complexity index is 779. The van der Waals surface area contributed by atoms with Gasteiger partial charge in [-0.3, -0.25) is 4.79 Å². The van der Waals surface area contributed by atoms with E-state index in [9.17, 15) is 9.59 Å². The highest BCUT2D eigenvalue weighted by atomic mass is 35.5. The fourth-order valence-corrected chi connectivity index (χ4v) is 2.81. The van der Waals surface area contributed by atoms with Crippen molar-refractivity contribution in [3.63, 3.8) is 0 Å². The SMILES string of the molecule is O=CCC(Oc1ccc(Cl)cc1Cl)C(=O)COc1ccc(Cl)cc1Cl. The van der Waals surface area contributed by atoms with Crippen LogP contribution < -0.4 is 9.47 Å². The maximum Gasteiger partial charge on any atom is 0.210 e. The molecule has 0 amide bonds. The fraction of sp³-hybridized carbons (Fsp3) is 0.176. The van der Waals surface area contributed by atoms with Crippen molar-refractivity contribution in [2.45, 2.75) is 12.5 Å². The van der Waals surface area contributed by atoms with Crippen LogP contribution in [-0.2, 0) is 9.59 Å². The first-order chi connectivity index (χ1) is 11.9. The molecular formula is C17H12Cl4O4. The minimum atomic E-state index is -1.04. The van der Waals surface area contributed by atoms with E-state index in [0.29, 0.717) is 22.1 Å². The standard InChI is InChI=1S/C17H12Cl4O4/c18-10-1-3-15(12(20)7-10)24-9-14(23)17(5-6-22)25-16-4-2-11(19)8-13(16)21/h1-4,6-8,17H,5,9H2. The lowest BCUT2D eigenvalue weighted by molar-refractivity contribution is -0.129. The Kier molecular flexibility index (Phi) is 7.38. The van der Waals surface area contributed by atoms with E-state index in [1.165, 1.54) is 18.2 Å². The molecule has 0 aliphatic carbocycles. The summed E-state index contributed by atoms with van der Waals surface area (Å²) in [6, 6.07) is 9.19. The third kappa shape index (κ3) is 5.79. The van der Waals surface area contributed by atoms with E-state index >= 15 is 0 Å². The lowest BCUT2D eigenvalue weighted by Crippen LogP contribution is -2.32. The van der Waals surface area contributed by atoms with E-state index in [1.807, 2.05) is 0 Å². The summed E-state index contributed by atoms with van der Waals surface area (Å²) in [5.41, 5.74) is 0. The van der Waals surface area contributed by atoms with Gasteiger partial charge in [-0.25, -0.2) is 0 Å². The molecule has 0 saturated heterocycles. The monoisotopic (exact) mass is 420 g/mol. The summed E-state index contributed by atoms with van der Waals surface area (Å²) in [6.07, 6.45) is -0.598. The molecule has 2 rings (SSSR count). The molecule has 4 nitrogen and oxygen atoms in total. The number of aldehydes is 1. The second kappa shape index (κ2) is 9.30. The van der Waals surface area contributed by atoms with Gasteiger partial charge < -0.3 is 14.3 Å². The van der Waals surface area contributed by atoms with Gasteiger partial charge in [0, 0.05) is 16.5 Å². The second-order valence-electron chi connectivity index (χ2n) is 4.91. The van der Waals surface area contributed by atoms with Crippen molar-refractivity contribution in [3.8, 4) is 11.5 Å². The van der Waals surface area contributed by atoms with Gasteiger partial charge in [-0.2, -0.15) is 0 Å². The Balaban J connectivity index is 2.05. The van der Waals surface area contributed by atoms with E-state index in [-0.39, 0.29) is 28.8 Å². The van der Waals surface area contributed by atoms with Crippen LogP contribution in [0.3, 0.4) is 0 Å². The summed E-state index contributed by atoms with van der Waals surface area (Å²) in [4.78, 5) is 23.2. The van der Waals surface area contributed by atoms with E-state index < -0.39 is 11.9 Å². The van der Waals surface area contributed by atoms with Gasteiger partial charge in [0.15, 0.2) is 12.7 Å². The molecule has 0 spiro atoms. The number of hydrogen-bond donors (Lipinski definition) is 0. The molecule has 8 heteroatoms. The average Bonchev–Trinajstić information content (AvgIpc) is 2.55. The van der Waals surface area contributed by atoms with E-state index in [2.05, 4.69) is 0 Å². The zero-order valence-corrected chi connectivity index (χ0v) is 15.7. The lowest BCUT2D eigenvalue weighted by Gasteiger charge is -2.17. The van der Waals surface area contributed by atoms with Crippen molar-refractivity contribution in [2.75, 3.05) is 6.61 Å². The van der Waals surface area contributed by atoms with Gasteiger partial charge in [0.2, 0.25) is 5.78 Å². The predicted octanol–water partition coefficient (Wildman–Crippen LogP) is 5.28. The topological polar surface area (TPSA) is 52.6 Å². The minimum absolute atomic E-state index is 0.143. The van der Waals surface area contributed by atoms with Crippen molar-refractivity contribution in [1.82, 2.24) is 0 Å². The van der Waals surface area contributed by atoms with Crippen LogP contribution in [0, 0.1) is 0 Å². The first kappa shape index (κ1) is 19.9. The molecular weight excluding hydrogens is 410 g/mol. The number of hydrogen-bond acceptors (Lipinski definition) is 4. The first-order valence-corrected chi connectivity index (χ1v) is 8.58. The molecule has 1 unspecified atom stereocenters. The van der Waals surface area contributed by atoms with Crippen molar-refractivity contribution < 1.29 is 19.1 Å². The number of ether oxygens (including phenoxy) is 2. The Morgan fingerprint density at radius 3 is 2.04 bits per heavy atom. The van der Waals surface area contributed by atoms with Crippen LogP contribution in [0.5, 0.6) is 11.5 Å². The van der Waals surface area contributed by atoms with Crippen LogP contribution >= 0.6 is 46.4 Å². The molecule has 2 aromatic carbocycles. The Labute approximate surface area is 164 Å². The van der Waals surface area contributed by atoms with Gasteiger partial charge in [0.05, 0.1) is 10.0 Å². The van der Waals surface area contributed by atoms with Gasteiger partial charge in [0.25, 0.3) is 0 Å². The normalized spacial score (nSPS) is 11.7. The van der Waals surface area contributed by atoms with Crippen LogP contribution in [0.4, 0.5) is 0 Å². The molecule has 0 saturated carbocycles. The maximum absolute atomic E-state index is 12.3. The molecule has 0 aliphatic heterocycles. The number of carbonyl (C=O) groups is 2. The summed E-state index contributed by atoms with van der Waals surface area (Å²) in [6.45, 7) is -0.328. The number of ketones is 1. The van der Waals surface area contributed by atoms with Gasteiger partial charge in [0.1, 0.15) is 17.8 Å². The Morgan fingerprint density at radius 2 is 1.52 bits per heavy atom. The third-order valence-corrected chi connectivity index (χ3v) is 4.16. The summed E-state index contributed by atoms with van der Waals surface area (Å²) in [7, 11) is 0. The highest BCUT2D eigenvalue weighted by molar-refractivity contribution is 6.36. The van der Waals surface area contributed by atoms with Crippen molar-refractivity contribution in [3.05, 3.63) is 56.5 Å². The number of rotatable bonds is 8. The molecule has 0 aliphatic rings. The zero-order valence-electron chi connectivity index (χ0n) is 12.7.